The first kappa shape index (κ1) is 21.4. The largest absolute Gasteiger partial charge is 0.370 e. The zero-order chi connectivity index (χ0) is 20.9. The molecule has 0 spiro atoms. The van der Waals surface area contributed by atoms with Gasteiger partial charge in [-0.15, -0.1) is 0 Å². The summed E-state index contributed by atoms with van der Waals surface area (Å²) in [7, 11) is -3.44. The van der Waals surface area contributed by atoms with E-state index in [1.54, 1.807) is 31.2 Å². The highest BCUT2D eigenvalue weighted by Gasteiger charge is 2.18. The van der Waals surface area contributed by atoms with Gasteiger partial charge in [-0.3, -0.25) is 0 Å². The van der Waals surface area contributed by atoms with Gasteiger partial charge in [-0.25, -0.2) is 18.1 Å². The van der Waals surface area contributed by atoms with Crippen molar-refractivity contribution in [3.63, 3.8) is 0 Å². The molecule has 9 heteroatoms. The molecule has 1 saturated heterocycles. The first-order valence-electron chi connectivity index (χ1n) is 9.53. The molecular weight excluding hydrogens is 410 g/mol. The van der Waals surface area contributed by atoms with Gasteiger partial charge in [-0.1, -0.05) is 30.7 Å². The smallest absolute Gasteiger partial charge is 0.240 e. The molecule has 1 heterocycles. The molecule has 1 fully saturated rings. The van der Waals surface area contributed by atoms with Crippen molar-refractivity contribution in [1.29, 1.82) is 0 Å². The first-order chi connectivity index (χ1) is 13.9. The van der Waals surface area contributed by atoms with E-state index in [-0.39, 0.29) is 4.90 Å². The maximum Gasteiger partial charge on any atom is 0.240 e. The van der Waals surface area contributed by atoms with E-state index in [0.717, 1.165) is 42.5 Å². The summed E-state index contributed by atoms with van der Waals surface area (Å²) in [6, 6.07) is 14.5. The molecule has 29 heavy (non-hydrogen) atoms. The number of hydrogen-bond donors (Lipinski definition) is 2. The van der Waals surface area contributed by atoms with Crippen molar-refractivity contribution >= 4 is 33.3 Å². The number of nitrogens with zero attached hydrogens (tertiary/aromatic N) is 3. The third-order valence-corrected chi connectivity index (χ3v) is 6.60. The van der Waals surface area contributed by atoms with Gasteiger partial charge in [0.2, 0.25) is 10.0 Å². The van der Waals surface area contributed by atoms with Crippen LogP contribution in [-0.2, 0) is 16.6 Å². The Bertz CT molecular complexity index is 938. The van der Waals surface area contributed by atoms with Crippen molar-refractivity contribution in [2.75, 3.05) is 37.6 Å². The summed E-state index contributed by atoms with van der Waals surface area (Å²) in [6.45, 7) is 5.80. The topological polar surface area (TPSA) is 91.0 Å². The summed E-state index contributed by atoms with van der Waals surface area (Å²) < 4.78 is 26.4. The Labute approximate surface area is 177 Å². The fourth-order valence-corrected chi connectivity index (χ4v) is 4.33. The average molecular weight is 436 g/mol. The van der Waals surface area contributed by atoms with E-state index in [4.69, 9.17) is 17.3 Å². The average Bonchev–Trinajstić information content (AvgIpc) is 2.73. The zero-order valence-electron chi connectivity index (χ0n) is 16.4. The number of nitrogens with one attached hydrogen (secondary N) is 1. The number of benzene rings is 2. The fourth-order valence-electron chi connectivity index (χ4n) is 3.17. The SMILES string of the molecule is CCNS(=O)(=O)c1ccc(CN=C(N)N2CCN(c3ccc(Cl)cc3)CC2)cc1. The van der Waals surface area contributed by atoms with Gasteiger partial charge in [0, 0.05) is 43.4 Å². The molecule has 0 aromatic heterocycles. The Morgan fingerprint density at radius 2 is 1.69 bits per heavy atom. The molecule has 2 aromatic carbocycles. The van der Waals surface area contributed by atoms with Crippen molar-refractivity contribution in [1.82, 2.24) is 9.62 Å². The molecule has 3 N–H and O–H groups in total. The number of aliphatic imine (C=N–C) groups is 1. The Kier molecular flexibility index (Phi) is 7.00. The maximum atomic E-state index is 12.0. The van der Waals surface area contributed by atoms with Crippen LogP contribution in [0.15, 0.2) is 58.4 Å². The van der Waals surface area contributed by atoms with Gasteiger partial charge < -0.3 is 15.5 Å². The van der Waals surface area contributed by atoms with E-state index < -0.39 is 10.0 Å². The van der Waals surface area contributed by atoms with E-state index in [1.165, 1.54) is 0 Å². The third-order valence-electron chi connectivity index (χ3n) is 4.79. The Balaban J connectivity index is 1.55. The maximum absolute atomic E-state index is 12.0. The third kappa shape index (κ3) is 5.62. The Hall–Kier alpha value is -2.29. The lowest BCUT2D eigenvalue weighted by atomic mass is 10.2. The summed E-state index contributed by atoms with van der Waals surface area (Å²) in [5.74, 6) is 0.505. The van der Waals surface area contributed by atoms with Crippen LogP contribution in [0.5, 0.6) is 0 Å². The molecule has 0 saturated carbocycles. The second-order valence-electron chi connectivity index (χ2n) is 6.77. The molecular formula is C20H26ClN5O2S. The lowest BCUT2D eigenvalue weighted by Crippen LogP contribution is -2.51. The number of anilines is 1. The molecule has 7 nitrogen and oxygen atoms in total. The number of rotatable bonds is 6. The molecule has 3 rings (SSSR count). The normalized spacial score (nSPS) is 15.6. The highest BCUT2D eigenvalue weighted by molar-refractivity contribution is 7.89. The molecule has 1 aliphatic rings. The van der Waals surface area contributed by atoms with Crippen LogP contribution in [0.25, 0.3) is 0 Å². The molecule has 0 bridgehead atoms. The Morgan fingerprint density at radius 3 is 2.28 bits per heavy atom. The van der Waals surface area contributed by atoms with Gasteiger partial charge in [0.05, 0.1) is 11.4 Å². The number of sulfonamides is 1. The van der Waals surface area contributed by atoms with E-state index in [9.17, 15) is 8.42 Å². The van der Waals surface area contributed by atoms with E-state index in [0.29, 0.717) is 19.0 Å². The van der Waals surface area contributed by atoms with Gasteiger partial charge in [0.15, 0.2) is 5.96 Å². The van der Waals surface area contributed by atoms with E-state index in [2.05, 4.69) is 19.5 Å². The van der Waals surface area contributed by atoms with Gasteiger partial charge in [0.1, 0.15) is 0 Å². The van der Waals surface area contributed by atoms with Crippen LogP contribution < -0.4 is 15.4 Å². The number of piperazine rings is 1. The number of nitrogens with two attached hydrogens (primary N) is 1. The summed E-state index contributed by atoms with van der Waals surface area (Å²) in [6.07, 6.45) is 0. The molecule has 2 aromatic rings. The van der Waals surface area contributed by atoms with Crippen molar-refractivity contribution in [2.24, 2.45) is 10.7 Å². The van der Waals surface area contributed by atoms with Crippen molar-refractivity contribution in [2.45, 2.75) is 18.4 Å². The first-order valence-corrected chi connectivity index (χ1v) is 11.4. The van der Waals surface area contributed by atoms with Gasteiger partial charge in [-0.2, -0.15) is 0 Å². The standard InChI is InChI=1S/C20H26ClN5O2S/c1-2-24-29(27,28)19-9-3-16(4-10-19)15-23-20(22)26-13-11-25(12-14-26)18-7-5-17(21)6-8-18/h3-10,24H,2,11-15H2,1H3,(H2,22,23). The van der Waals surface area contributed by atoms with Crippen LogP contribution in [0.4, 0.5) is 5.69 Å². The number of hydrogen-bond acceptors (Lipinski definition) is 4. The Morgan fingerprint density at radius 1 is 1.07 bits per heavy atom. The van der Waals surface area contributed by atoms with Crippen molar-refractivity contribution in [3.8, 4) is 0 Å². The van der Waals surface area contributed by atoms with E-state index >= 15 is 0 Å². The summed E-state index contributed by atoms with van der Waals surface area (Å²) in [4.78, 5) is 9.08. The monoisotopic (exact) mass is 435 g/mol. The van der Waals surface area contributed by atoms with Crippen LogP contribution in [0.1, 0.15) is 12.5 Å². The summed E-state index contributed by atoms with van der Waals surface area (Å²) >= 11 is 5.95. The van der Waals surface area contributed by atoms with Crippen molar-refractivity contribution < 1.29 is 8.42 Å². The summed E-state index contributed by atoms with van der Waals surface area (Å²) in [5, 5.41) is 0.732. The zero-order valence-corrected chi connectivity index (χ0v) is 18.0. The quantitative estimate of drug-likeness (QED) is 0.536. The highest BCUT2D eigenvalue weighted by atomic mass is 35.5. The van der Waals surface area contributed by atoms with Crippen LogP contribution in [0.3, 0.4) is 0 Å². The second kappa shape index (κ2) is 9.47. The van der Waals surface area contributed by atoms with Gasteiger partial charge >= 0.3 is 0 Å². The minimum Gasteiger partial charge on any atom is -0.370 e. The van der Waals surface area contributed by atoms with Crippen molar-refractivity contribution in [3.05, 3.63) is 59.1 Å². The molecule has 0 unspecified atom stereocenters. The molecule has 0 atom stereocenters. The fraction of sp³-hybridized carbons (Fsp3) is 0.350. The van der Waals surface area contributed by atoms with Gasteiger partial charge in [-0.05, 0) is 42.0 Å². The summed E-state index contributed by atoms with van der Waals surface area (Å²) in [5.41, 5.74) is 8.23. The number of halogens is 1. The van der Waals surface area contributed by atoms with Crippen LogP contribution in [-0.4, -0.2) is 52.0 Å². The lowest BCUT2D eigenvalue weighted by molar-refractivity contribution is 0.380. The molecule has 0 aliphatic carbocycles. The van der Waals surface area contributed by atoms with Crippen LogP contribution >= 0.6 is 11.6 Å². The molecule has 156 valence electrons. The van der Waals surface area contributed by atoms with Gasteiger partial charge in [0.25, 0.3) is 0 Å². The predicted octanol–water partition coefficient (Wildman–Crippen LogP) is 2.28. The predicted molar refractivity (Wildman–Crippen MR) is 118 cm³/mol. The van der Waals surface area contributed by atoms with Crippen LogP contribution in [0.2, 0.25) is 5.02 Å². The minimum atomic E-state index is -3.44. The molecule has 0 amide bonds. The molecule has 1 aliphatic heterocycles. The molecule has 0 radical (unpaired) electrons. The number of guanidine groups is 1. The minimum absolute atomic E-state index is 0.248. The van der Waals surface area contributed by atoms with Crippen LogP contribution in [0, 0.1) is 0 Å². The lowest BCUT2D eigenvalue weighted by Gasteiger charge is -2.36. The van der Waals surface area contributed by atoms with E-state index in [1.807, 2.05) is 24.3 Å². The highest BCUT2D eigenvalue weighted by Crippen LogP contribution is 2.19. The second-order valence-corrected chi connectivity index (χ2v) is 8.97.